The summed E-state index contributed by atoms with van der Waals surface area (Å²) in [6.07, 6.45) is 2.59. The Labute approximate surface area is 128 Å². The first-order valence-corrected chi connectivity index (χ1v) is 7.79. The Balaban J connectivity index is 2.15. The lowest BCUT2D eigenvalue weighted by Crippen LogP contribution is -2.24. The highest BCUT2D eigenvalue weighted by Gasteiger charge is 2.09. The second-order valence-electron chi connectivity index (χ2n) is 4.00. The van der Waals surface area contributed by atoms with E-state index in [1.807, 2.05) is 29.5 Å². The summed E-state index contributed by atoms with van der Waals surface area (Å²) in [5, 5.41) is 12.9. The van der Waals surface area contributed by atoms with Crippen molar-refractivity contribution in [1.29, 1.82) is 0 Å². The highest BCUT2D eigenvalue weighted by atomic mass is 127. The highest BCUT2D eigenvalue weighted by molar-refractivity contribution is 14.1. The Bertz CT molecular complexity index is 624. The Morgan fingerprint density at radius 3 is 3.00 bits per heavy atom. The number of anilines is 1. The third-order valence-corrected chi connectivity index (χ3v) is 4.56. The lowest BCUT2D eigenvalue weighted by Gasteiger charge is -2.03. The molecule has 0 aromatic carbocycles. The fraction of sp³-hybridized carbons (Fsp3) is 0.455. The van der Waals surface area contributed by atoms with Gasteiger partial charge in [-0.05, 0) is 35.9 Å². The molecule has 0 fully saturated rings. The van der Waals surface area contributed by atoms with Crippen molar-refractivity contribution in [2.45, 2.75) is 26.8 Å². The average Bonchev–Trinajstić information content (AvgIpc) is 2.85. The van der Waals surface area contributed by atoms with Crippen LogP contribution in [0.3, 0.4) is 0 Å². The molecule has 0 aliphatic rings. The molecule has 6 nitrogen and oxygen atoms in total. The van der Waals surface area contributed by atoms with Gasteiger partial charge in [-0.15, -0.1) is 10.2 Å². The van der Waals surface area contributed by atoms with Crippen molar-refractivity contribution >= 4 is 39.1 Å². The quantitative estimate of drug-likeness (QED) is 0.789. The normalized spacial score (nSPS) is 10.7. The summed E-state index contributed by atoms with van der Waals surface area (Å²) in [4.78, 5) is 16.2. The maximum absolute atomic E-state index is 12.0. The third kappa shape index (κ3) is 3.50. The average molecular weight is 391 g/mol. The van der Waals surface area contributed by atoms with E-state index >= 15 is 0 Å². The number of nitrogens with one attached hydrogen (secondary N) is 1. The third-order valence-electron chi connectivity index (χ3n) is 2.46. The van der Waals surface area contributed by atoms with E-state index < -0.39 is 0 Å². The Kier molecular flexibility index (Phi) is 4.86. The number of aromatic nitrogens is 4. The molecule has 2 aromatic heterocycles. The van der Waals surface area contributed by atoms with Crippen LogP contribution in [0, 0.1) is 10.5 Å². The first-order valence-electron chi connectivity index (χ1n) is 5.89. The van der Waals surface area contributed by atoms with Gasteiger partial charge < -0.3 is 5.32 Å². The highest BCUT2D eigenvalue weighted by Crippen LogP contribution is 2.15. The molecule has 2 heterocycles. The molecule has 102 valence electrons. The number of halogens is 1. The van der Waals surface area contributed by atoms with E-state index in [1.54, 1.807) is 10.9 Å². The molecular formula is C11H14IN5OS. The van der Waals surface area contributed by atoms with Crippen molar-refractivity contribution in [2.24, 2.45) is 0 Å². The summed E-state index contributed by atoms with van der Waals surface area (Å²) < 4.78 is 2.20. The number of hydrogen-bond acceptors (Lipinski definition) is 6. The molecule has 0 aliphatic heterocycles. The van der Waals surface area contributed by atoms with Crippen LogP contribution in [0.15, 0.2) is 11.1 Å². The van der Waals surface area contributed by atoms with Gasteiger partial charge in [-0.3, -0.25) is 9.36 Å². The van der Waals surface area contributed by atoms with Crippen molar-refractivity contribution in [2.75, 3.05) is 11.9 Å². The minimum absolute atomic E-state index is 0.0358. The van der Waals surface area contributed by atoms with Gasteiger partial charge in [0.1, 0.15) is 5.01 Å². The van der Waals surface area contributed by atoms with Gasteiger partial charge in [-0.1, -0.05) is 18.3 Å². The zero-order valence-electron chi connectivity index (χ0n) is 10.7. The van der Waals surface area contributed by atoms with Gasteiger partial charge in [0.15, 0.2) is 0 Å². The second kappa shape index (κ2) is 6.42. The zero-order chi connectivity index (χ0) is 13.8. The lowest BCUT2D eigenvalue weighted by molar-refractivity contribution is 0.712. The summed E-state index contributed by atoms with van der Waals surface area (Å²) in [5.74, 6) is 0. The summed E-state index contributed by atoms with van der Waals surface area (Å²) in [7, 11) is 0. The van der Waals surface area contributed by atoms with Crippen molar-refractivity contribution in [1.82, 2.24) is 19.7 Å². The van der Waals surface area contributed by atoms with Crippen molar-refractivity contribution < 1.29 is 0 Å². The van der Waals surface area contributed by atoms with E-state index in [1.165, 1.54) is 11.3 Å². The molecule has 19 heavy (non-hydrogen) atoms. The van der Waals surface area contributed by atoms with Gasteiger partial charge >= 0.3 is 0 Å². The van der Waals surface area contributed by atoms with E-state index in [-0.39, 0.29) is 5.56 Å². The summed E-state index contributed by atoms with van der Waals surface area (Å²) in [6, 6.07) is 0. The van der Waals surface area contributed by atoms with Crippen LogP contribution in [0.25, 0.3) is 0 Å². The molecule has 0 atom stereocenters. The molecule has 0 amide bonds. The minimum atomic E-state index is -0.0358. The van der Waals surface area contributed by atoms with E-state index in [0.717, 1.165) is 28.8 Å². The fourth-order valence-corrected chi connectivity index (χ4v) is 2.64. The number of hydrogen-bond donors (Lipinski definition) is 1. The molecule has 1 N–H and O–H groups in total. The summed E-state index contributed by atoms with van der Waals surface area (Å²) in [6.45, 7) is 5.20. The van der Waals surface area contributed by atoms with Crippen LogP contribution in [-0.4, -0.2) is 26.3 Å². The molecule has 0 unspecified atom stereocenters. The molecular weight excluding hydrogens is 377 g/mol. The van der Waals surface area contributed by atoms with E-state index in [9.17, 15) is 4.79 Å². The fourth-order valence-electron chi connectivity index (χ4n) is 1.43. The van der Waals surface area contributed by atoms with Crippen LogP contribution in [0.1, 0.15) is 24.0 Å². The smallest absolute Gasteiger partial charge is 0.267 e. The molecule has 2 rings (SSSR count). The van der Waals surface area contributed by atoms with Crippen LogP contribution >= 0.6 is 33.9 Å². The molecule has 0 aliphatic carbocycles. The van der Waals surface area contributed by atoms with Gasteiger partial charge in [-0.25, -0.2) is 4.98 Å². The first-order chi connectivity index (χ1) is 9.11. The van der Waals surface area contributed by atoms with Crippen molar-refractivity contribution in [3.05, 3.63) is 31.0 Å². The van der Waals surface area contributed by atoms with E-state index in [4.69, 9.17) is 0 Å². The number of aryl methyl sites for hydroxylation is 1. The summed E-state index contributed by atoms with van der Waals surface area (Å²) in [5.41, 5.74) is 0.718. The van der Waals surface area contributed by atoms with Gasteiger partial charge in [0.25, 0.3) is 5.56 Å². The monoisotopic (exact) mass is 391 g/mol. The standard InChI is InChI=1S/C11H14IN5OS/c1-3-4-13-11-16-15-8(19-11)5-17-6-14-7(2)9(12)10(17)18/h6H,3-5H2,1-2H3,(H,13,16). The molecule has 0 spiro atoms. The predicted octanol–water partition coefficient (Wildman–Crippen LogP) is 1.88. The van der Waals surface area contributed by atoms with Crippen LogP contribution in [0.4, 0.5) is 5.13 Å². The Hall–Kier alpha value is -1.03. The SMILES string of the molecule is CCCNc1nnc(Cn2cnc(C)c(I)c2=O)s1. The second-order valence-corrected chi connectivity index (χ2v) is 6.15. The molecule has 0 saturated carbocycles. The van der Waals surface area contributed by atoms with Gasteiger partial charge in [0, 0.05) is 6.54 Å². The molecule has 0 radical (unpaired) electrons. The Morgan fingerprint density at radius 2 is 2.26 bits per heavy atom. The summed E-state index contributed by atoms with van der Waals surface area (Å²) >= 11 is 3.48. The minimum Gasteiger partial charge on any atom is -0.360 e. The van der Waals surface area contributed by atoms with E-state index in [0.29, 0.717) is 10.1 Å². The Morgan fingerprint density at radius 1 is 1.47 bits per heavy atom. The van der Waals surface area contributed by atoms with Crippen LogP contribution in [0.2, 0.25) is 0 Å². The lowest BCUT2D eigenvalue weighted by atomic mass is 10.4. The zero-order valence-corrected chi connectivity index (χ0v) is 13.7. The molecule has 8 heteroatoms. The van der Waals surface area contributed by atoms with Crippen LogP contribution in [-0.2, 0) is 6.54 Å². The molecule has 0 saturated heterocycles. The molecule has 2 aromatic rings. The topological polar surface area (TPSA) is 72.7 Å². The maximum atomic E-state index is 12.0. The van der Waals surface area contributed by atoms with E-state index in [2.05, 4.69) is 27.4 Å². The van der Waals surface area contributed by atoms with Crippen LogP contribution in [0.5, 0.6) is 0 Å². The van der Waals surface area contributed by atoms with Gasteiger partial charge in [0.05, 0.1) is 22.1 Å². The number of nitrogens with zero attached hydrogens (tertiary/aromatic N) is 4. The largest absolute Gasteiger partial charge is 0.360 e. The number of rotatable bonds is 5. The van der Waals surface area contributed by atoms with Crippen molar-refractivity contribution in [3.63, 3.8) is 0 Å². The first kappa shape index (κ1) is 14.4. The molecule has 0 bridgehead atoms. The van der Waals surface area contributed by atoms with Crippen molar-refractivity contribution in [3.8, 4) is 0 Å². The van der Waals surface area contributed by atoms with Crippen LogP contribution < -0.4 is 10.9 Å². The predicted molar refractivity (Wildman–Crippen MR) is 83.7 cm³/mol. The maximum Gasteiger partial charge on any atom is 0.267 e. The van der Waals surface area contributed by atoms with Gasteiger partial charge in [0.2, 0.25) is 5.13 Å². The van der Waals surface area contributed by atoms with Gasteiger partial charge in [-0.2, -0.15) is 0 Å².